The third kappa shape index (κ3) is 3.37. The summed E-state index contributed by atoms with van der Waals surface area (Å²) < 4.78 is 0. The van der Waals surface area contributed by atoms with Crippen molar-refractivity contribution in [1.29, 1.82) is 5.26 Å². The van der Waals surface area contributed by atoms with Gasteiger partial charge in [0.25, 0.3) is 0 Å². The molecule has 140 valence electrons. The first-order valence-electron chi connectivity index (χ1n) is 9.07. The molecule has 1 aliphatic heterocycles. The average Bonchev–Trinajstić information content (AvgIpc) is 3.25. The largest absolute Gasteiger partial charge is 0.327 e. The molecular weight excluding hydrogens is 368 g/mol. The summed E-state index contributed by atoms with van der Waals surface area (Å²) in [5.74, 6) is 0. The summed E-state index contributed by atoms with van der Waals surface area (Å²) in [5.41, 5.74) is 3.14. The molecular formula is C22H20N4OS. The number of benzene rings is 2. The fourth-order valence-electron chi connectivity index (χ4n) is 3.49. The van der Waals surface area contributed by atoms with Gasteiger partial charge in [-0.2, -0.15) is 5.26 Å². The Kier molecular flexibility index (Phi) is 4.62. The third-order valence-corrected chi connectivity index (χ3v) is 5.68. The van der Waals surface area contributed by atoms with Gasteiger partial charge in [0.15, 0.2) is 5.13 Å². The number of hydrogen-bond acceptors (Lipinski definition) is 4. The van der Waals surface area contributed by atoms with Crippen LogP contribution in [0.5, 0.6) is 0 Å². The second kappa shape index (κ2) is 7.10. The Morgan fingerprint density at radius 2 is 1.86 bits per heavy atom. The fraction of sp³-hybridized carbons (Fsp3) is 0.227. The molecule has 1 fully saturated rings. The van der Waals surface area contributed by atoms with Gasteiger partial charge in [-0.05, 0) is 31.5 Å². The van der Waals surface area contributed by atoms with Crippen molar-refractivity contribution in [3.05, 3.63) is 71.1 Å². The number of rotatable bonds is 4. The number of nitriles is 1. The molecule has 0 unspecified atom stereocenters. The van der Waals surface area contributed by atoms with Gasteiger partial charge in [-0.1, -0.05) is 42.5 Å². The molecule has 2 amide bonds. The predicted molar refractivity (Wildman–Crippen MR) is 111 cm³/mol. The summed E-state index contributed by atoms with van der Waals surface area (Å²) in [5, 5.41) is 11.6. The van der Waals surface area contributed by atoms with Gasteiger partial charge in [0, 0.05) is 24.0 Å². The van der Waals surface area contributed by atoms with E-state index >= 15 is 0 Å². The molecule has 28 heavy (non-hydrogen) atoms. The fourth-order valence-corrected chi connectivity index (χ4v) is 4.48. The minimum Gasteiger partial charge on any atom is -0.318 e. The van der Waals surface area contributed by atoms with Gasteiger partial charge in [-0.25, -0.2) is 9.78 Å². The van der Waals surface area contributed by atoms with Gasteiger partial charge in [0.05, 0.1) is 22.9 Å². The van der Waals surface area contributed by atoms with Crippen LogP contribution in [0.15, 0.2) is 60.0 Å². The highest BCUT2D eigenvalue weighted by atomic mass is 32.1. The van der Waals surface area contributed by atoms with Crippen molar-refractivity contribution in [3.8, 4) is 17.3 Å². The average molecular weight is 388 g/mol. The molecule has 1 saturated heterocycles. The lowest BCUT2D eigenvalue weighted by atomic mass is 10.1. The summed E-state index contributed by atoms with van der Waals surface area (Å²) in [6.07, 6.45) is 0. The van der Waals surface area contributed by atoms with Gasteiger partial charge in [-0.15, -0.1) is 11.3 Å². The third-order valence-electron chi connectivity index (χ3n) is 4.85. The maximum absolute atomic E-state index is 13.1. The zero-order valence-corrected chi connectivity index (χ0v) is 16.6. The monoisotopic (exact) mass is 388 g/mol. The van der Waals surface area contributed by atoms with Crippen molar-refractivity contribution >= 4 is 22.5 Å². The van der Waals surface area contributed by atoms with Crippen LogP contribution in [0.4, 0.5) is 9.93 Å². The quantitative estimate of drug-likeness (QED) is 0.638. The van der Waals surface area contributed by atoms with Gasteiger partial charge in [-0.3, -0.25) is 4.90 Å². The highest BCUT2D eigenvalue weighted by Gasteiger charge is 2.45. The standard InChI is InChI=1S/C22H20N4OS/c1-22(2)15-25(13-17-6-4-3-5-7-17)21(27)26(22)20-24-19(14-28-20)18-10-8-16(12-23)9-11-18/h3-11,14H,13,15H2,1-2H3. The number of amides is 2. The van der Waals surface area contributed by atoms with E-state index in [0.717, 1.165) is 16.8 Å². The molecule has 1 aliphatic rings. The Hall–Kier alpha value is -3.17. The molecule has 6 heteroatoms. The molecule has 3 aromatic rings. The maximum atomic E-state index is 13.1. The molecule has 0 bridgehead atoms. The van der Waals surface area contributed by atoms with Crippen molar-refractivity contribution in [2.45, 2.75) is 25.9 Å². The van der Waals surface area contributed by atoms with Gasteiger partial charge < -0.3 is 4.90 Å². The number of hydrogen-bond donors (Lipinski definition) is 0. The number of thiazole rings is 1. The Labute approximate surface area is 168 Å². The van der Waals surface area contributed by atoms with Crippen LogP contribution < -0.4 is 4.90 Å². The SMILES string of the molecule is CC1(C)CN(Cc2ccccc2)C(=O)N1c1nc(-c2ccc(C#N)cc2)cs1. The van der Waals surface area contributed by atoms with Crippen LogP contribution in [0.25, 0.3) is 11.3 Å². The molecule has 5 nitrogen and oxygen atoms in total. The van der Waals surface area contributed by atoms with Crippen LogP contribution in [0.3, 0.4) is 0 Å². The molecule has 2 aromatic carbocycles. The summed E-state index contributed by atoms with van der Waals surface area (Å²) in [4.78, 5) is 21.5. The number of nitrogens with zero attached hydrogens (tertiary/aromatic N) is 4. The van der Waals surface area contributed by atoms with E-state index in [2.05, 4.69) is 19.9 Å². The summed E-state index contributed by atoms with van der Waals surface area (Å²) in [7, 11) is 0. The molecule has 0 atom stereocenters. The zero-order chi connectivity index (χ0) is 19.7. The maximum Gasteiger partial charge on any atom is 0.327 e. The Bertz CT molecular complexity index is 1030. The molecule has 2 heterocycles. The molecule has 0 spiro atoms. The number of carbonyl (C=O) groups is 1. The van der Waals surface area contributed by atoms with E-state index < -0.39 is 0 Å². The van der Waals surface area contributed by atoms with E-state index in [9.17, 15) is 4.79 Å². The number of anilines is 1. The van der Waals surface area contributed by atoms with Crippen LogP contribution in [0, 0.1) is 11.3 Å². The Balaban J connectivity index is 1.58. The first-order chi connectivity index (χ1) is 13.5. The van der Waals surface area contributed by atoms with Gasteiger partial charge in [0.1, 0.15) is 0 Å². The minimum atomic E-state index is -0.342. The molecule has 4 rings (SSSR count). The number of carbonyl (C=O) groups excluding carboxylic acids is 1. The first kappa shape index (κ1) is 18.2. The van der Waals surface area contributed by atoms with Crippen molar-refractivity contribution < 1.29 is 4.79 Å². The minimum absolute atomic E-state index is 0.0189. The normalized spacial score (nSPS) is 15.7. The van der Waals surface area contributed by atoms with Crippen molar-refractivity contribution in [1.82, 2.24) is 9.88 Å². The van der Waals surface area contributed by atoms with Crippen LogP contribution in [0.1, 0.15) is 25.0 Å². The van der Waals surface area contributed by atoms with E-state index in [1.54, 1.807) is 17.0 Å². The zero-order valence-electron chi connectivity index (χ0n) is 15.8. The number of aromatic nitrogens is 1. The van der Waals surface area contributed by atoms with Crippen LogP contribution in [-0.2, 0) is 6.54 Å². The van der Waals surface area contributed by atoms with Crippen molar-refractivity contribution in [2.75, 3.05) is 11.4 Å². The molecule has 0 radical (unpaired) electrons. The number of urea groups is 1. The summed E-state index contributed by atoms with van der Waals surface area (Å²) in [6, 6.07) is 19.5. The van der Waals surface area contributed by atoms with Crippen LogP contribution in [0.2, 0.25) is 0 Å². The summed E-state index contributed by atoms with van der Waals surface area (Å²) >= 11 is 1.47. The van der Waals surface area contributed by atoms with Crippen LogP contribution >= 0.6 is 11.3 Å². The van der Waals surface area contributed by atoms with Gasteiger partial charge >= 0.3 is 6.03 Å². The van der Waals surface area contributed by atoms with E-state index in [1.165, 1.54) is 11.3 Å². The summed E-state index contributed by atoms with van der Waals surface area (Å²) in [6.45, 7) is 5.37. The predicted octanol–water partition coefficient (Wildman–Crippen LogP) is 4.90. The van der Waals surface area contributed by atoms with Crippen molar-refractivity contribution in [2.24, 2.45) is 0 Å². The highest BCUT2D eigenvalue weighted by Crippen LogP contribution is 2.36. The molecule has 1 aromatic heterocycles. The highest BCUT2D eigenvalue weighted by molar-refractivity contribution is 7.14. The van der Waals surface area contributed by atoms with E-state index in [-0.39, 0.29) is 11.6 Å². The molecule has 0 saturated carbocycles. The second-order valence-corrected chi connectivity index (χ2v) is 8.31. The van der Waals surface area contributed by atoms with Gasteiger partial charge in [0.2, 0.25) is 0 Å². The van der Waals surface area contributed by atoms with E-state index in [4.69, 9.17) is 10.2 Å². The smallest absolute Gasteiger partial charge is 0.318 e. The Morgan fingerprint density at radius 1 is 1.14 bits per heavy atom. The topological polar surface area (TPSA) is 60.2 Å². The molecule has 0 N–H and O–H groups in total. The molecule has 0 aliphatic carbocycles. The lowest BCUT2D eigenvalue weighted by molar-refractivity contribution is 0.218. The van der Waals surface area contributed by atoms with Crippen LogP contribution in [-0.4, -0.2) is 28.0 Å². The second-order valence-electron chi connectivity index (χ2n) is 7.48. The lowest BCUT2D eigenvalue weighted by Gasteiger charge is -2.26. The Morgan fingerprint density at radius 3 is 2.54 bits per heavy atom. The van der Waals surface area contributed by atoms with E-state index in [0.29, 0.717) is 23.8 Å². The van der Waals surface area contributed by atoms with Crippen molar-refractivity contribution in [3.63, 3.8) is 0 Å². The first-order valence-corrected chi connectivity index (χ1v) is 9.95. The lowest BCUT2D eigenvalue weighted by Crippen LogP contribution is -2.42. The van der Waals surface area contributed by atoms with E-state index in [1.807, 2.05) is 52.7 Å².